The van der Waals surface area contributed by atoms with Crippen LogP contribution < -0.4 is 16.0 Å². The van der Waals surface area contributed by atoms with E-state index in [9.17, 15) is 14.8 Å². The second-order valence-electron chi connectivity index (χ2n) is 3.74. The van der Waals surface area contributed by atoms with Crippen molar-refractivity contribution in [3.8, 4) is 0 Å². The van der Waals surface area contributed by atoms with Gasteiger partial charge in [0.2, 0.25) is 0 Å². The first-order valence-corrected chi connectivity index (χ1v) is 5.09. The summed E-state index contributed by atoms with van der Waals surface area (Å²) in [5.41, 5.74) is 0. The number of Topliss-reactive ketones (excluding diaryl/α,β-unsaturated/α-hetero) is 1. The Morgan fingerprint density at radius 3 is 3.18 bits per heavy atom. The van der Waals surface area contributed by atoms with Gasteiger partial charge in [0.05, 0.1) is 6.54 Å². The number of fused-ring (bicyclic) bond motifs is 1. The zero-order valence-electron chi connectivity index (χ0n) is 9.17. The third kappa shape index (κ3) is 2.27. The van der Waals surface area contributed by atoms with E-state index in [1.165, 1.54) is 19.3 Å². The maximum Gasteiger partial charge on any atom is 0.253 e. The lowest BCUT2D eigenvalue weighted by molar-refractivity contribution is -0.139. The van der Waals surface area contributed by atoms with Gasteiger partial charge in [0.25, 0.3) is 5.91 Å². The highest BCUT2D eigenvalue weighted by atomic mass is 16.5. The minimum atomic E-state index is -0.852. The van der Waals surface area contributed by atoms with Gasteiger partial charge in [0.15, 0.2) is 18.2 Å². The van der Waals surface area contributed by atoms with E-state index in [-0.39, 0.29) is 24.1 Å². The number of carbonyl (C=O) groups is 2. The molecule has 0 aromatic rings. The van der Waals surface area contributed by atoms with E-state index in [2.05, 4.69) is 20.9 Å². The lowest BCUT2D eigenvalue weighted by Gasteiger charge is -2.38. The van der Waals surface area contributed by atoms with Crippen LogP contribution >= 0.6 is 0 Å². The summed E-state index contributed by atoms with van der Waals surface area (Å²) in [5.74, 6) is -0.227. The summed E-state index contributed by atoms with van der Waals surface area (Å²) < 4.78 is 0. The van der Waals surface area contributed by atoms with Crippen LogP contribution in [-0.4, -0.2) is 46.7 Å². The van der Waals surface area contributed by atoms with Crippen LogP contribution in [0.5, 0.6) is 0 Å². The van der Waals surface area contributed by atoms with Gasteiger partial charge in [-0.3, -0.25) is 20.1 Å². The van der Waals surface area contributed by atoms with Crippen molar-refractivity contribution < 1.29 is 14.8 Å². The number of nitrogens with one attached hydrogen (secondary N) is 3. The van der Waals surface area contributed by atoms with Gasteiger partial charge in [-0.2, -0.15) is 0 Å². The molecule has 92 valence electrons. The van der Waals surface area contributed by atoms with Gasteiger partial charge in [-0.15, -0.1) is 0 Å². The highest BCUT2D eigenvalue weighted by molar-refractivity contribution is 6.09. The highest BCUT2D eigenvalue weighted by Crippen LogP contribution is 2.08. The lowest BCUT2D eigenvalue weighted by atomic mass is 10.2. The molecule has 0 spiro atoms. The summed E-state index contributed by atoms with van der Waals surface area (Å²) in [6, 6.07) is -0.708. The van der Waals surface area contributed by atoms with Crippen LogP contribution in [0, 0.1) is 0 Å². The Morgan fingerprint density at radius 2 is 2.47 bits per heavy atom. The molecule has 0 radical (unpaired) electrons. The molecule has 1 fully saturated rings. The van der Waals surface area contributed by atoms with Crippen molar-refractivity contribution in [3.63, 3.8) is 0 Å². The number of carbonyl (C=O) groups excluding carboxylic acids is 2. The number of rotatable bonds is 3. The normalized spacial score (nSPS) is 26.8. The van der Waals surface area contributed by atoms with Crippen molar-refractivity contribution in [1.82, 2.24) is 21.0 Å². The number of hydrogen-bond donors (Lipinski definition) is 4. The summed E-state index contributed by atoms with van der Waals surface area (Å²) >= 11 is 0. The highest BCUT2D eigenvalue weighted by Gasteiger charge is 2.38. The summed E-state index contributed by atoms with van der Waals surface area (Å²) in [4.78, 5) is 26.4. The van der Waals surface area contributed by atoms with Gasteiger partial charge >= 0.3 is 0 Å². The van der Waals surface area contributed by atoms with Gasteiger partial charge in [0, 0.05) is 12.4 Å². The molecule has 0 aromatic heterocycles. The topological polar surface area (TPSA) is 106 Å². The molecule has 0 aromatic carbocycles. The average molecular weight is 239 g/mol. The van der Waals surface area contributed by atoms with Gasteiger partial charge in [-0.05, 0) is 6.92 Å². The Morgan fingerprint density at radius 1 is 1.71 bits per heavy atom. The molecular formula is C9H13N5O3. The predicted octanol–water partition coefficient (Wildman–Crippen LogP) is -1.89. The number of amides is 1. The number of ketones is 1. The van der Waals surface area contributed by atoms with Crippen LogP contribution in [0.2, 0.25) is 0 Å². The SMILES string of the molecule is CC(=O)CNC1NC(=O)C2NC=CN=C2N1O. The van der Waals surface area contributed by atoms with Crippen molar-refractivity contribution in [2.45, 2.75) is 19.3 Å². The van der Waals surface area contributed by atoms with Crippen LogP contribution in [0.1, 0.15) is 6.92 Å². The maximum absolute atomic E-state index is 11.7. The first-order valence-electron chi connectivity index (χ1n) is 5.09. The molecule has 1 saturated heterocycles. The molecule has 8 heteroatoms. The third-order valence-corrected chi connectivity index (χ3v) is 2.37. The zero-order valence-corrected chi connectivity index (χ0v) is 9.17. The molecule has 2 atom stereocenters. The molecule has 2 aliphatic heterocycles. The maximum atomic E-state index is 11.7. The van der Waals surface area contributed by atoms with E-state index in [0.717, 1.165) is 5.06 Å². The standard InChI is InChI=1S/C9H13N5O3/c1-5(15)4-12-9-13-8(16)6-7(14(9)17)11-3-2-10-6/h2-3,6,9-10,12,17H,4H2,1H3,(H,13,16). The number of amidine groups is 1. The van der Waals surface area contributed by atoms with Crippen LogP contribution in [0.3, 0.4) is 0 Å². The molecule has 17 heavy (non-hydrogen) atoms. The van der Waals surface area contributed by atoms with Crippen molar-refractivity contribution in [1.29, 1.82) is 0 Å². The van der Waals surface area contributed by atoms with Crippen LogP contribution in [0.4, 0.5) is 0 Å². The van der Waals surface area contributed by atoms with E-state index in [1.54, 1.807) is 0 Å². The minimum Gasteiger partial charge on any atom is -0.372 e. The van der Waals surface area contributed by atoms with Gasteiger partial charge < -0.3 is 10.6 Å². The summed E-state index contributed by atoms with van der Waals surface area (Å²) in [7, 11) is 0. The van der Waals surface area contributed by atoms with E-state index >= 15 is 0 Å². The number of aliphatic imine (C=N–C) groups is 1. The van der Waals surface area contributed by atoms with E-state index in [0.29, 0.717) is 0 Å². The number of hydrogen-bond acceptors (Lipinski definition) is 7. The van der Waals surface area contributed by atoms with Gasteiger partial charge in [-0.1, -0.05) is 0 Å². The monoisotopic (exact) mass is 239 g/mol. The van der Waals surface area contributed by atoms with Crippen LogP contribution in [0.25, 0.3) is 0 Å². The molecule has 0 saturated carbocycles. The third-order valence-electron chi connectivity index (χ3n) is 2.37. The zero-order chi connectivity index (χ0) is 12.4. The van der Waals surface area contributed by atoms with Gasteiger partial charge in [0.1, 0.15) is 5.78 Å². The van der Waals surface area contributed by atoms with E-state index in [4.69, 9.17) is 0 Å². The van der Waals surface area contributed by atoms with E-state index in [1.807, 2.05) is 0 Å². The molecule has 2 rings (SSSR count). The fourth-order valence-electron chi connectivity index (χ4n) is 1.58. The minimum absolute atomic E-state index is 0.0449. The second kappa shape index (κ2) is 4.52. The molecule has 4 N–H and O–H groups in total. The average Bonchev–Trinajstić information content (AvgIpc) is 2.32. The Bertz CT molecular complexity index is 405. The quantitative estimate of drug-likeness (QED) is 0.459. The lowest BCUT2D eigenvalue weighted by Crippen LogP contribution is -2.70. The van der Waals surface area contributed by atoms with E-state index < -0.39 is 12.3 Å². The molecule has 2 unspecified atom stereocenters. The molecule has 1 amide bonds. The van der Waals surface area contributed by atoms with Crippen molar-refractivity contribution in [2.75, 3.05) is 6.54 Å². The second-order valence-corrected chi connectivity index (χ2v) is 3.74. The predicted molar refractivity (Wildman–Crippen MR) is 57.7 cm³/mol. The Hall–Kier alpha value is -1.93. The first kappa shape index (κ1) is 11.6. The largest absolute Gasteiger partial charge is 0.372 e. The Labute approximate surface area is 97.3 Å². The van der Waals surface area contributed by atoms with Crippen molar-refractivity contribution >= 4 is 17.5 Å². The smallest absolute Gasteiger partial charge is 0.253 e. The number of hydroxylamine groups is 2. The summed E-state index contributed by atoms with van der Waals surface area (Å²) in [6.07, 6.45) is 2.11. The molecule has 0 bridgehead atoms. The van der Waals surface area contributed by atoms with Gasteiger partial charge in [-0.25, -0.2) is 10.1 Å². The summed E-state index contributed by atoms with van der Waals surface area (Å²) in [6.45, 7) is 1.45. The molecule has 0 aliphatic carbocycles. The van der Waals surface area contributed by atoms with Crippen LogP contribution in [-0.2, 0) is 9.59 Å². The van der Waals surface area contributed by atoms with Crippen molar-refractivity contribution in [3.05, 3.63) is 12.4 Å². The Kier molecular flexibility index (Phi) is 3.07. The fraction of sp³-hybridized carbons (Fsp3) is 0.444. The molecule has 2 aliphatic rings. The summed E-state index contributed by atoms with van der Waals surface area (Å²) in [5, 5.41) is 18.6. The fourth-order valence-corrected chi connectivity index (χ4v) is 1.58. The molecule has 2 heterocycles. The molecule has 8 nitrogen and oxygen atoms in total. The van der Waals surface area contributed by atoms with Crippen LogP contribution in [0.15, 0.2) is 17.4 Å². The Balaban J connectivity index is 2.10. The number of nitrogens with zero attached hydrogens (tertiary/aromatic N) is 2. The van der Waals surface area contributed by atoms with Crippen molar-refractivity contribution in [2.24, 2.45) is 4.99 Å². The first-order chi connectivity index (χ1) is 8.09. The molecular weight excluding hydrogens is 226 g/mol.